The van der Waals surface area contributed by atoms with E-state index in [1.807, 2.05) is 23.4 Å². The van der Waals surface area contributed by atoms with Crippen LogP contribution in [-0.2, 0) is 6.54 Å². The Morgan fingerprint density at radius 3 is 2.95 bits per heavy atom. The molecule has 2 aliphatic rings. The molecule has 0 radical (unpaired) electrons. The van der Waals surface area contributed by atoms with Crippen molar-refractivity contribution in [2.24, 2.45) is 11.8 Å². The summed E-state index contributed by atoms with van der Waals surface area (Å²) in [5, 5.41) is 7.86. The van der Waals surface area contributed by atoms with E-state index in [0.717, 1.165) is 37.9 Å². The van der Waals surface area contributed by atoms with E-state index in [2.05, 4.69) is 33.1 Å². The van der Waals surface area contributed by atoms with Crippen molar-refractivity contribution in [1.82, 2.24) is 24.6 Å². The predicted molar refractivity (Wildman–Crippen MR) is 72.6 cm³/mol. The van der Waals surface area contributed by atoms with Gasteiger partial charge in [-0.25, -0.2) is 4.98 Å². The van der Waals surface area contributed by atoms with Gasteiger partial charge in [0.1, 0.15) is 0 Å². The largest absolute Gasteiger partial charge is 0.327 e. The Bertz CT molecular complexity index is 574. The van der Waals surface area contributed by atoms with Gasteiger partial charge >= 0.3 is 0 Å². The zero-order chi connectivity index (χ0) is 12.8. The first-order valence-corrected chi connectivity index (χ1v) is 7.14. The molecule has 2 aromatic heterocycles. The Morgan fingerprint density at radius 2 is 2.16 bits per heavy atom. The minimum Gasteiger partial charge on any atom is -0.327 e. The summed E-state index contributed by atoms with van der Waals surface area (Å²) < 4.78 is 4.37. The molecule has 1 aliphatic heterocycles. The summed E-state index contributed by atoms with van der Waals surface area (Å²) in [4.78, 5) is 4.35. The predicted octanol–water partition coefficient (Wildman–Crippen LogP) is 1.55. The van der Waals surface area contributed by atoms with E-state index in [4.69, 9.17) is 0 Å². The normalized spacial score (nSPS) is 28.6. The SMILES string of the molecule is CCCn1cc(-c2cncn2C2C3CNCC32)cn1. The second-order valence-corrected chi connectivity index (χ2v) is 5.65. The maximum atomic E-state index is 4.42. The molecule has 3 heterocycles. The number of aromatic nitrogens is 4. The molecule has 4 rings (SSSR count). The Labute approximate surface area is 112 Å². The summed E-state index contributed by atoms with van der Waals surface area (Å²) in [6.45, 7) is 5.46. The van der Waals surface area contributed by atoms with Crippen LogP contribution in [0.15, 0.2) is 24.9 Å². The van der Waals surface area contributed by atoms with E-state index in [0.29, 0.717) is 6.04 Å². The van der Waals surface area contributed by atoms with Crippen LogP contribution in [0.1, 0.15) is 19.4 Å². The summed E-state index contributed by atoms with van der Waals surface area (Å²) in [5.74, 6) is 1.61. The zero-order valence-corrected chi connectivity index (χ0v) is 11.2. The Kier molecular flexibility index (Phi) is 2.48. The molecule has 1 saturated heterocycles. The third kappa shape index (κ3) is 1.72. The highest BCUT2D eigenvalue weighted by atomic mass is 15.3. The van der Waals surface area contributed by atoms with Crippen molar-refractivity contribution in [2.75, 3.05) is 13.1 Å². The number of hydrogen-bond acceptors (Lipinski definition) is 3. The lowest BCUT2D eigenvalue weighted by Gasteiger charge is -2.09. The van der Waals surface area contributed by atoms with Gasteiger partial charge < -0.3 is 9.88 Å². The first kappa shape index (κ1) is 11.2. The van der Waals surface area contributed by atoms with Gasteiger partial charge in [0.25, 0.3) is 0 Å². The van der Waals surface area contributed by atoms with E-state index < -0.39 is 0 Å². The molecule has 2 unspecified atom stereocenters. The average Bonchev–Trinajstić information content (AvgIpc) is 2.95. The van der Waals surface area contributed by atoms with Gasteiger partial charge in [-0.2, -0.15) is 5.10 Å². The highest BCUT2D eigenvalue weighted by Crippen LogP contribution is 2.53. The number of nitrogens with zero attached hydrogens (tertiary/aromatic N) is 4. The molecule has 1 saturated carbocycles. The zero-order valence-electron chi connectivity index (χ0n) is 11.2. The molecule has 0 bridgehead atoms. The van der Waals surface area contributed by atoms with Crippen molar-refractivity contribution in [3.05, 3.63) is 24.9 Å². The van der Waals surface area contributed by atoms with Crippen molar-refractivity contribution in [3.63, 3.8) is 0 Å². The number of piperidine rings is 1. The molecule has 0 amide bonds. The molecular weight excluding hydrogens is 238 g/mol. The fourth-order valence-electron chi connectivity index (χ4n) is 3.41. The summed E-state index contributed by atoms with van der Waals surface area (Å²) in [7, 11) is 0. The first-order chi connectivity index (χ1) is 9.38. The van der Waals surface area contributed by atoms with Gasteiger partial charge in [-0.15, -0.1) is 0 Å². The van der Waals surface area contributed by atoms with E-state index in [1.165, 1.54) is 11.3 Å². The molecule has 2 aromatic rings. The van der Waals surface area contributed by atoms with Gasteiger partial charge in [-0.1, -0.05) is 6.92 Å². The lowest BCUT2D eigenvalue weighted by molar-refractivity contribution is 0.573. The Hall–Kier alpha value is -1.62. The maximum Gasteiger partial charge on any atom is 0.0953 e. The highest BCUT2D eigenvalue weighted by molar-refractivity contribution is 5.57. The third-order valence-corrected chi connectivity index (χ3v) is 4.42. The van der Waals surface area contributed by atoms with Gasteiger partial charge in [0, 0.05) is 37.4 Å². The third-order valence-electron chi connectivity index (χ3n) is 4.42. The minimum atomic E-state index is 0.647. The van der Waals surface area contributed by atoms with Crippen LogP contribution >= 0.6 is 0 Å². The van der Waals surface area contributed by atoms with Crippen molar-refractivity contribution in [1.29, 1.82) is 0 Å². The van der Waals surface area contributed by atoms with Crippen LogP contribution in [-0.4, -0.2) is 32.4 Å². The van der Waals surface area contributed by atoms with Crippen LogP contribution in [0.5, 0.6) is 0 Å². The minimum absolute atomic E-state index is 0.647. The molecule has 100 valence electrons. The van der Waals surface area contributed by atoms with Crippen LogP contribution in [0.25, 0.3) is 11.3 Å². The van der Waals surface area contributed by atoms with Crippen molar-refractivity contribution in [3.8, 4) is 11.3 Å². The van der Waals surface area contributed by atoms with Crippen molar-refractivity contribution < 1.29 is 0 Å². The second-order valence-electron chi connectivity index (χ2n) is 5.65. The van der Waals surface area contributed by atoms with Gasteiger partial charge in [-0.05, 0) is 18.3 Å². The van der Waals surface area contributed by atoms with Crippen molar-refractivity contribution in [2.45, 2.75) is 25.9 Å². The lowest BCUT2D eigenvalue weighted by atomic mass is 10.2. The molecule has 1 aliphatic carbocycles. The molecule has 0 aromatic carbocycles. The second kappa shape index (κ2) is 4.20. The molecule has 2 fully saturated rings. The number of aryl methyl sites for hydroxylation is 1. The van der Waals surface area contributed by atoms with E-state index >= 15 is 0 Å². The van der Waals surface area contributed by atoms with E-state index in [1.54, 1.807) is 0 Å². The lowest BCUT2D eigenvalue weighted by Crippen LogP contribution is -2.16. The fraction of sp³-hybridized carbons (Fsp3) is 0.571. The van der Waals surface area contributed by atoms with Crippen LogP contribution in [0.2, 0.25) is 0 Å². The Balaban J connectivity index is 1.63. The van der Waals surface area contributed by atoms with E-state index in [-0.39, 0.29) is 0 Å². The van der Waals surface area contributed by atoms with Gasteiger partial charge in [0.15, 0.2) is 0 Å². The molecule has 5 nitrogen and oxygen atoms in total. The summed E-state index contributed by atoms with van der Waals surface area (Å²) in [6, 6.07) is 0.647. The van der Waals surface area contributed by atoms with Gasteiger partial charge in [-0.3, -0.25) is 4.68 Å². The number of fused-ring (bicyclic) bond motifs is 1. The smallest absolute Gasteiger partial charge is 0.0953 e. The number of nitrogens with one attached hydrogen (secondary N) is 1. The first-order valence-electron chi connectivity index (χ1n) is 7.14. The summed E-state index contributed by atoms with van der Waals surface area (Å²) in [5.41, 5.74) is 2.39. The van der Waals surface area contributed by atoms with Crippen LogP contribution < -0.4 is 5.32 Å². The number of rotatable bonds is 4. The number of imidazole rings is 1. The van der Waals surface area contributed by atoms with Crippen LogP contribution in [0, 0.1) is 11.8 Å². The van der Waals surface area contributed by atoms with E-state index in [9.17, 15) is 0 Å². The molecule has 0 spiro atoms. The maximum absolute atomic E-state index is 4.42. The summed E-state index contributed by atoms with van der Waals surface area (Å²) in [6.07, 6.45) is 9.15. The highest BCUT2D eigenvalue weighted by Gasteiger charge is 2.54. The quantitative estimate of drug-likeness (QED) is 0.904. The topological polar surface area (TPSA) is 47.7 Å². The molecule has 2 atom stereocenters. The molecule has 1 N–H and O–H groups in total. The molecule has 19 heavy (non-hydrogen) atoms. The molecular formula is C14H19N5. The average molecular weight is 257 g/mol. The monoisotopic (exact) mass is 257 g/mol. The molecule has 5 heteroatoms. The number of hydrogen-bond donors (Lipinski definition) is 1. The van der Waals surface area contributed by atoms with Crippen LogP contribution in [0.4, 0.5) is 0 Å². The standard InChI is InChI=1S/C14H19N5/c1-2-3-18-8-10(4-17-18)13-7-16-9-19(13)14-11-5-15-6-12(11)14/h4,7-9,11-12,14-15H,2-3,5-6H2,1H3. The summed E-state index contributed by atoms with van der Waals surface area (Å²) >= 11 is 0. The fourth-order valence-corrected chi connectivity index (χ4v) is 3.41. The van der Waals surface area contributed by atoms with Gasteiger partial charge in [0.05, 0.1) is 24.4 Å². The Morgan fingerprint density at radius 1 is 1.32 bits per heavy atom. The van der Waals surface area contributed by atoms with Gasteiger partial charge in [0.2, 0.25) is 0 Å². The van der Waals surface area contributed by atoms with Crippen molar-refractivity contribution >= 4 is 0 Å². The van der Waals surface area contributed by atoms with Crippen LogP contribution in [0.3, 0.4) is 0 Å².